The molecule has 108 valence electrons. The fraction of sp³-hybridized carbons (Fsp3) is 0.188. The molecule has 2 nitrogen and oxygen atoms in total. The van der Waals surface area contributed by atoms with Crippen LogP contribution in [0.3, 0.4) is 0 Å². The number of benzene rings is 2. The van der Waals surface area contributed by atoms with Crippen molar-refractivity contribution in [3.8, 4) is 5.69 Å². The summed E-state index contributed by atoms with van der Waals surface area (Å²) in [5.74, 6) is -0.598. The summed E-state index contributed by atoms with van der Waals surface area (Å²) >= 11 is 5.82. The van der Waals surface area contributed by atoms with E-state index < -0.39 is 11.6 Å². The lowest BCUT2D eigenvalue weighted by Crippen LogP contribution is -2.03. The van der Waals surface area contributed by atoms with Crippen molar-refractivity contribution >= 4 is 22.6 Å². The monoisotopic (exact) mass is 306 g/mol. The Hall–Kier alpha value is -1.94. The van der Waals surface area contributed by atoms with Gasteiger partial charge < -0.3 is 0 Å². The molecule has 0 saturated carbocycles. The van der Waals surface area contributed by atoms with Gasteiger partial charge in [-0.1, -0.05) is 6.07 Å². The highest BCUT2D eigenvalue weighted by Gasteiger charge is 2.13. The minimum atomic E-state index is -0.877. The van der Waals surface area contributed by atoms with Gasteiger partial charge in [0, 0.05) is 18.4 Å². The molecule has 3 aromatic rings. The van der Waals surface area contributed by atoms with Crippen LogP contribution in [0.15, 0.2) is 36.4 Å². The third-order valence-electron chi connectivity index (χ3n) is 3.36. The maximum Gasteiger partial charge on any atom is 0.160 e. The van der Waals surface area contributed by atoms with Crippen molar-refractivity contribution in [2.45, 2.75) is 13.3 Å². The highest BCUT2D eigenvalue weighted by Crippen LogP contribution is 2.24. The average Bonchev–Trinajstić information content (AvgIpc) is 2.79. The maximum atomic E-state index is 13.5. The first kappa shape index (κ1) is 14.0. The number of rotatable bonds is 3. The topological polar surface area (TPSA) is 17.8 Å². The summed E-state index contributed by atoms with van der Waals surface area (Å²) in [5.41, 5.74) is 3.31. The zero-order chi connectivity index (χ0) is 15.0. The number of aromatic nitrogens is 2. The zero-order valence-electron chi connectivity index (χ0n) is 11.4. The first-order valence-electron chi connectivity index (χ1n) is 6.59. The minimum absolute atomic E-state index is 0.409. The molecule has 0 unspecified atom stereocenters. The Kier molecular flexibility index (Phi) is 3.64. The zero-order valence-corrected chi connectivity index (χ0v) is 12.2. The molecule has 0 aliphatic carbocycles. The first-order valence-corrected chi connectivity index (χ1v) is 7.13. The molecule has 0 N–H and O–H groups in total. The van der Waals surface area contributed by atoms with Gasteiger partial charge in [0.1, 0.15) is 5.82 Å². The first-order chi connectivity index (χ1) is 10.1. The van der Waals surface area contributed by atoms with Crippen molar-refractivity contribution in [3.63, 3.8) is 0 Å². The van der Waals surface area contributed by atoms with Crippen LogP contribution in [0.2, 0.25) is 0 Å². The number of aryl methyl sites for hydroxylation is 2. The summed E-state index contributed by atoms with van der Waals surface area (Å²) in [6.45, 7) is 1.98. The van der Waals surface area contributed by atoms with E-state index in [4.69, 9.17) is 11.6 Å². The lowest BCUT2D eigenvalue weighted by atomic mass is 10.2. The number of imidazole rings is 1. The third-order valence-corrected chi connectivity index (χ3v) is 3.55. The normalized spacial score (nSPS) is 11.2. The van der Waals surface area contributed by atoms with Crippen LogP contribution in [-0.2, 0) is 6.42 Å². The molecule has 0 aliphatic heterocycles. The predicted molar refractivity (Wildman–Crippen MR) is 80.1 cm³/mol. The Balaban J connectivity index is 2.27. The van der Waals surface area contributed by atoms with Gasteiger partial charge in [0.05, 0.1) is 16.7 Å². The molecule has 0 bridgehead atoms. The smallest absolute Gasteiger partial charge is 0.160 e. The van der Waals surface area contributed by atoms with Gasteiger partial charge in [0.15, 0.2) is 11.6 Å². The van der Waals surface area contributed by atoms with Gasteiger partial charge >= 0.3 is 0 Å². The number of hydrogen-bond acceptors (Lipinski definition) is 1. The molecule has 1 aromatic heterocycles. The van der Waals surface area contributed by atoms with Gasteiger partial charge in [-0.3, -0.25) is 4.57 Å². The largest absolute Gasteiger partial charge is 0.296 e. The molecule has 0 aliphatic rings. The lowest BCUT2D eigenvalue weighted by molar-refractivity contribution is 0.508. The summed E-state index contributed by atoms with van der Waals surface area (Å²) in [6, 6.07) is 9.69. The van der Waals surface area contributed by atoms with Crippen LogP contribution in [0.5, 0.6) is 0 Å². The molecule has 0 spiro atoms. The fourth-order valence-corrected chi connectivity index (χ4v) is 2.57. The van der Waals surface area contributed by atoms with Crippen molar-refractivity contribution in [1.29, 1.82) is 0 Å². The van der Waals surface area contributed by atoms with E-state index in [1.54, 1.807) is 0 Å². The van der Waals surface area contributed by atoms with E-state index >= 15 is 0 Å². The molecule has 3 rings (SSSR count). The summed E-state index contributed by atoms with van der Waals surface area (Å²) in [5, 5.41) is 0. The van der Waals surface area contributed by atoms with Crippen molar-refractivity contribution in [2.75, 3.05) is 5.88 Å². The van der Waals surface area contributed by atoms with Crippen LogP contribution in [0.4, 0.5) is 8.78 Å². The number of alkyl halides is 1. The molecule has 0 atom stereocenters. The van der Waals surface area contributed by atoms with Crippen LogP contribution in [-0.4, -0.2) is 15.4 Å². The summed E-state index contributed by atoms with van der Waals surface area (Å²) in [7, 11) is 0. The molecule has 0 saturated heterocycles. The van der Waals surface area contributed by atoms with Gasteiger partial charge in [-0.15, -0.1) is 11.6 Å². The fourth-order valence-electron chi connectivity index (χ4n) is 2.40. The Morgan fingerprint density at radius 3 is 2.62 bits per heavy atom. The van der Waals surface area contributed by atoms with Gasteiger partial charge in [0.25, 0.3) is 0 Å². The molecule has 2 aromatic carbocycles. The average molecular weight is 307 g/mol. The van der Waals surface area contributed by atoms with E-state index in [0.29, 0.717) is 18.0 Å². The Morgan fingerprint density at radius 1 is 1.10 bits per heavy atom. The number of fused-ring (bicyclic) bond motifs is 1. The molecular formula is C16H13ClF2N2. The summed E-state index contributed by atoms with van der Waals surface area (Å²) < 4.78 is 28.5. The molecule has 0 amide bonds. The van der Waals surface area contributed by atoms with E-state index in [9.17, 15) is 8.78 Å². The Bertz CT molecular complexity index is 811. The van der Waals surface area contributed by atoms with E-state index in [0.717, 1.165) is 28.5 Å². The molecule has 5 heteroatoms. The molecule has 0 radical (unpaired) electrons. The van der Waals surface area contributed by atoms with Crippen LogP contribution in [0, 0.1) is 18.6 Å². The Morgan fingerprint density at radius 2 is 1.90 bits per heavy atom. The second-order valence-corrected chi connectivity index (χ2v) is 5.27. The van der Waals surface area contributed by atoms with Crippen molar-refractivity contribution in [3.05, 3.63) is 59.4 Å². The van der Waals surface area contributed by atoms with E-state index in [-0.39, 0.29) is 0 Å². The van der Waals surface area contributed by atoms with Crippen molar-refractivity contribution < 1.29 is 8.78 Å². The number of halogens is 3. The van der Waals surface area contributed by atoms with Crippen LogP contribution in [0.25, 0.3) is 16.7 Å². The number of nitrogens with zero attached hydrogens (tertiary/aromatic N) is 2. The molecule has 21 heavy (non-hydrogen) atoms. The second-order valence-electron chi connectivity index (χ2n) is 4.89. The second kappa shape index (κ2) is 5.45. The quantitative estimate of drug-likeness (QED) is 0.656. The van der Waals surface area contributed by atoms with E-state index in [1.807, 2.05) is 29.7 Å². The summed E-state index contributed by atoms with van der Waals surface area (Å²) in [4.78, 5) is 4.55. The van der Waals surface area contributed by atoms with Crippen molar-refractivity contribution in [2.24, 2.45) is 0 Å². The van der Waals surface area contributed by atoms with Gasteiger partial charge in [-0.25, -0.2) is 13.8 Å². The summed E-state index contributed by atoms with van der Waals surface area (Å²) in [6.07, 6.45) is 0.550. The highest BCUT2D eigenvalue weighted by molar-refractivity contribution is 6.17. The number of hydrogen-bond donors (Lipinski definition) is 0. The van der Waals surface area contributed by atoms with Crippen molar-refractivity contribution in [1.82, 2.24) is 9.55 Å². The maximum absolute atomic E-state index is 13.5. The van der Waals surface area contributed by atoms with E-state index in [2.05, 4.69) is 4.98 Å². The highest BCUT2D eigenvalue weighted by atomic mass is 35.5. The molecular weight excluding hydrogens is 294 g/mol. The van der Waals surface area contributed by atoms with Gasteiger partial charge in [-0.05, 0) is 36.8 Å². The molecule has 0 fully saturated rings. The third kappa shape index (κ3) is 2.51. The van der Waals surface area contributed by atoms with Gasteiger partial charge in [0.2, 0.25) is 0 Å². The van der Waals surface area contributed by atoms with Crippen LogP contribution in [0.1, 0.15) is 11.4 Å². The van der Waals surface area contributed by atoms with E-state index in [1.165, 1.54) is 12.1 Å². The Labute approximate surface area is 126 Å². The standard InChI is InChI=1S/C16H13ClF2N2/c1-10-2-5-15-14(8-10)20-16(6-7-17)21(15)11-3-4-12(18)13(19)9-11/h2-5,8-9H,6-7H2,1H3. The predicted octanol–water partition coefficient (Wildman–Crippen LogP) is 4.39. The molecule has 1 heterocycles. The van der Waals surface area contributed by atoms with Crippen LogP contribution >= 0.6 is 11.6 Å². The van der Waals surface area contributed by atoms with Crippen LogP contribution < -0.4 is 0 Å². The minimum Gasteiger partial charge on any atom is -0.296 e. The lowest BCUT2D eigenvalue weighted by Gasteiger charge is -2.09. The van der Waals surface area contributed by atoms with Gasteiger partial charge in [-0.2, -0.15) is 0 Å². The SMILES string of the molecule is Cc1ccc2c(c1)nc(CCCl)n2-c1ccc(F)c(F)c1.